The average molecular weight is 393 g/mol. The molecule has 0 fully saturated rings. The van der Waals surface area contributed by atoms with E-state index in [1.165, 1.54) is 12.1 Å². The monoisotopic (exact) mass is 393 g/mol. The molecule has 4 N–H and O–H groups in total. The minimum absolute atomic E-state index is 0.0643. The third-order valence-electron chi connectivity index (χ3n) is 3.82. The van der Waals surface area contributed by atoms with Crippen molar-refractivity contribution in [3.05, 3.63) is 48.0 Å². The van der Waals surface area contributed by atoms with Crippen LogP contribution in [0, 0.1) is 0 Å². The Hall–Kier alpha value is -2.78. The molecule has 0 saturated carbocycles. The maximum absolute atomic E-state index is 11.9. The van der Waals surface area contributed by atoms with Gasteiger partial charge in [0.2, 0.25) is 15.9 Å². The number of sulfonamides is 1. The molecule has 0 unspecified atom stereocenters. The van der Waals surface area contributed by atoms with Crippen LogP contribution in [0.4, 0.5) is 5.69 Å². The topological polar surface area (TPSA) is 120 Å². The van der Waals surface area contributed by atoms with Crippen molar-refractivity contribution >= 4 is 21.6 Å². The maximum atomic E-state index is 11.9. The fraction of sp³-hybridized carbons (Fsp3) is 0.278. The van der Waals surface area contributed by atoms with Crippen LogP contribution in [0.15, 0.2) is 47.4 Å². The summed E-state index contributed by atoms with van der Waals surface area (Å²) in [5.41, 5.74) is 1.64. The third kappa shape index (κ3) is 6.15. The molecule has 8 nitrogen and oxygen atoms in total. The molecule has 0 saturated heterocycles. The molecule has 9 heteroatoms. The summed E-state index contributed by atoms with van der Waals surface area (Å²) in [6.45, 7) is 0.543. The van der Waals surface area contributed by atoms with Crippen molar-refractivity contribution in [1.82, 2.24) is 5.32 Å². The zero-order chi connectivity index (χ0) is 19.9. The summed E-state index contributed by atoms with van der Waals surface area (Å²) >= 11 is 0. The van der Waals surface area contributed by atoms with Gasteiger partial charge in [-0.15, -0.1) is 0 Å². The van der Waals surface area contributed by atoms with Gasteiger partial charge in [0.25, 0.3) is 0 Å². The van der Waals surface area contributed by atoms with Crippen molar-refractivity contribution in [2.75, 3.05) is 32.6 Å². The summed E-state index contributed by atoms with van der Waals surface area (Å²) < 4.78 is 32.8. The van der Waals surface area contributed by atoms with Gasteiger partial charge in [0.15, 0.2) is 11.5 Å². The molecule has 0 aliphatic rings. The number of hydrogen-bond donors (Lipinski definition) is 3. The minimum Gasteiger partial charge on any atom is -0.493 e. The van der Waals surface area contributed by atoms with E-state index < -0.39 is 10.0 Å². The number of hydrogen-bond acceptors (Lipinski definition) is 6. The highest BCUT2D eigenvalue weighted by Gasteiger charge is 2.08. The molecule has 0 spiro atoms. The standard InChI is InChI=1S/C18H23N3O5S/c1-25-16-8-5-14(11-17(16)26-2)21-12-18(22)20-10-9-13-3-6-15(7-4-13)27(19,23)24/h3-8,11,21H,9-10,12H2,1-2H3,(H,20,22)(H2,19,23,24). The van der Waals surface area contributed by atoms with Gasteiger partial charge in [-0.2, -0.15) is 0 Å². The van der Waals surface area contributed by atoms with Crippen LogP contribution in [0.2, 0.25) is 0 Å². The second kappa shape index (κ2) is 9.24. The first-order valence-corrected chi connectivity index (χ1v) is 9.72. The van der Waals surface area contributed by atoms with E-state index in [1.54, 1.807) is 44.6 Å². The highest BCUT2D eigenvalue weighted by Crippen LogP contribution is 2.29. The van der Waals surface area contributed by atoms with E-state index in [0.717, 1.165) is 11.3 Å². The molecular formula is C18H23N3O5S. The first-order chi connectivity index (χ1) is 12.8. The lowest BCUT2D eigenvalue weighted by Crippen LogP contribution is -2.31. The Morgan fingerprint density at radius 3 is 2.30 bits per heavy atom. The Kier molecular flexibility index (Phi) is 7.03. The van der Waals surface area contributed by atoms with Gasteiger partial charge >= 0.3 is 0 Å². The van der Waals surface area contributed by atoms with Gasteiger partial charge in [0.05, 0.1) is 25.7 Å². The van der Waals surface area contributed by atoms with Crippen molar-refractivity contribution in [2.45, 2.75) is 11.3 Å². The van der Waals surface area contributed by atoms with E-state index in [-0.39, 0.29) is 17.3 Å². The lowest BCUT2D eigenvalue weighted by atomic mass is 10.1. The number of nitrogens with one attached hydrogen (secondary N) is 2. The molecule has 2 aromatic carbocycles. The predicted molar refractivity (Wildman–Crippen MR) is 103 cm³/mol. The Morgan fingerprint density at radius 1 is 1.04 bits per heavy atom. The molecule has 27 heavy (non-hydrogen) atoms. The second-order valence-electron chi connectivity index (χ2n) is 5.71. The number of benzene rings is 2. The molecule has 2 aromatic rings. The molecule has 0 aliphatic heterocycles. The molecule has 0 radical (unpaired) electrons. The lowest BCUT2D eigenvalue weighted by Gasteiger charge is -2.11. The largest absolute Gasteiger partial charge is 0.493 e. The SMILES string of the molecule is COc1ccc(NCC(=O)NCCc2ccc(S(N)(=O)=O)cc2)cc1OC. The smallest absolute Gasteiger partial charge is 0.239 e. The van der Waals surface area contributed by atoms with Gasteiger partial charge in [-0.1, -0.05) is 12.1 Å². The Balaban J connectivity index is 1.78. The number of ether oxygens (including phenoxy) is 2. The highest BCUT2D eigenvalue weighted by molar-refractivity contribution is 7.89. The van der Waals surface area contributed by atoms with Crippen molar-refractivity contribution in [3.63, 3.8) is 0 Å². The fourth-order valence-electron chi connectivity index (χ4n) is 2.38. The number of anilines is 1. The molecule has 0 heterocycles. The van der Waals surface area contributed by atoms with E-state index in [2.05, 4.69) is 10.6 Å². The summed E-state index contributed by atoms with van der Waals surface area (Å²) in [6.07, 6.45) is 0.576. The van der Waals surface area contributed by atoms with Crippen LogP contribution in [-0.2, 0) is 21.2 Å². The summed E-state index contributed by atoms with van der Waals surface area (Å²) in [5, 5.41) is 10.9. The van der Waals surface area contributed by atoms with Crippen LogP contribution in [0.3, 0.4) is 0 Å². The molecule has 0 atom stereocenters. The minimum atomic E-state index is -3.69. The summed E-state index contributed by atoms with van der Waals surface area (Å²) in [6, 6.07) is 11.5. The first-order valence-electron chi connectivity index (χ1n) is 8.18. The van der Waals surface area contributed by atoms with Gasteiger partial charge in [-0.25, -0.2) is 13.6 Å². The van der Waals surface area contributed by atoms with E-state index in [1.807, 2.05) is 0 Å². The maximum Gasteiger partial charge on any atom is 0.239 e. The van der Waals surface area contributed by atoms with Crippen molar-refractivity contribution in [3.8, 4) is 11.5 Å². The van der Waals surface area contributed by atoms with Gasteiger partial charge in [0, 0.05) is 18.3 Å². The number of methoxy groups -OCH3 is 2. The summed E-state index contributed by atoms with van der Waals surface area (Å²) in [4.78, 5) is 12.0. The molecule has 1 amide bonds. The number of carbonyl (C=O) groups excluding carboxylic acids is 1. The first kappa shape index (κ1) is 20.5. The van der Waals surface area contributed by atoms with Crippen molar-refractivity contribution < 1.29 is 22.7 Å². The molecule has 0 aliphatic carbocycles. The number of carbonyl (C=O) groups is 1. The Labute approximate surface area is 158 Å². The van der Waals surface area contributed by atoms with E-state index in [9.17, 15) is 13.2 Å². The van der Waals surface area contributed by atoms with Gasteiger partial charge < -0.3 is 20.1 Å². The van der Waals surface area contributed by atoms with Gasteiger partial charge in [-0.3, -0.25) is 4.79 Å². The molecule has 0 aromatic heterocycles. The van der Waals surface area contributed by atoms with Crippen molar-refractivity contribution in [1.29, 1.82) is 0 Å². The van der Waals surface area contributed by atoms with Crippen molar-refractivity contribution in [2.24, 2.45) is 5.14 Å². The zero-order valence-electron chi connectivity index (χ0n) is 15.2. The average Bonchev–Trinajstić information content (AvgIpc) is 2.65. The van der Waals surface area contributed by atoms with E-state index in [4.69, 9.17) is 14.6 Å². The van der Waals surface area contributed by atoms with Crippen LogP contribution in [0.1, 0.15) is 5.56 Å². The lowest BCUT2D eigenvalue weighted by molar-refractivity contribution is -0.119. The number of primary sulfonamides is 1. The fourth-order valence-corrected chi connectivity index (χ4v) is 2.90. The number of rotatable bonds is 9. The summed E-state index contributed by atoms with van der Waals surface area (Å²) in [7, 11) is -0.590. The second-order valence-corrected chi connectivity index (χ2v) is 7.27. The normalized spacial score (nSPS) is 10.9. The summed E-state index contributed by atoms with van der Waals surface area (Å²) in [5.74, 6) is 1.03. The van der Waals surface area contributed by atoms with Gasteiger partial charge in [0.1, 0.15) is 0 Å². The Bertz CT molecular complexity index is 882. The van der Waals surface area contributed by atoms with Crippen LogP contribution >= 0.6 is 0 Å². The van der Waals surface area contributed by atoms with E-state index >= 15 is 0 Å². The quantitative estimate of drug-likeness (QED) is 0.587. The molecule has 2 rings (SSSR count). The number of amides is 1. The van der Waals surface area contributed by atoms with Crippen LogP contribution in [-0.4, -0.2) is 41.6 Å². The van der Waals surface area contributed by atoms with Crippen LogP contribution in [0.25, 0.3) is 0 Å². The molecule has 0 bridgehead atoms. The predicted octanol–water partition coefficient (Wildman–Crippen LogP) is 1.12. The van der Waals surface area contributed by atoms with Crippen LogP contribution < -0.4 is 25.2 Å². The zero-order valence-corrected chi connectivity index (χ0v) is 16.0. The van der Waals surface area contributed by atoms with Crippen LogP contribution in [0.5, 0.6) is 11.5 Å². The molecular weight excluding hydrogens is 370 g/mol. The highest BCUT2D eigenvalue weighted by atomic mass is 32.2. The number of nitrogens with two attached hydrogens (primary N) is 1. The third-order valence-corrected chi connectivity index (χ3v) is 4.75. The van der Waals surface area contributed by atoms with E-state index in [0.29, 0.717) is 24.5 Å². The van der Waals surface area contributed by atoms with Gasteiger partial charge in [-0.05, 0) is 36.2 Å². The molecule has 146 valence electrons. The Morgan fingerprint density at radius 2 is 1.70 bits per heavy atom.